The van der Waals surface area contributed by atoms with Crippen molar-refractivity contribution in [2.24, 2.45) is 7.05 Å². The van der Waals surface area contributed by atoms with Crippen LogP contribution < -0.4 is 10.6 Å². The van der Waals surface area contributed by atoms with E-state index in [-0.39, 0.29) is 5.91 Å². The Hall–Kier alpha value is -1.36. The minimum absolute atomic E-state index is 0.119. The molecule has 0 radical (unpaired) electrons. The van der Waals surface area contributed by atoms with Crippen LogP contribution in [-0.2, 0) is 18.4 Å². The lowest BCUT2D eigenvalue weighted by atomic mass is 10.0. The van der Waals surface area contributed by atoms with E-state index >= 15 is 0 Å². The SMILES string of the molecule is Cn1cc(CNC(=O)CC2CCCCN2)cn1. The highest BCUT2D eigenvalue weighted by Crippen LogP contribution is 2.09. The summed E-state index contributed by atoms with van der Waals surface area (Å²) in [6.45, 7) is 1.61. The second kappa shape index (κ2) is 5.82. The first-order valence-corrected chi connectivity index (χ1v) is 6.21. The lowest BCUT2D eigenvalue weighted by molar-refractivity contribution is -0.121. The second-order valence-corrected chi connectivity index (χ2v) is 4.65. The number of amides is 1. The summed E-state index contributed by atoms with van der Waals surface area (Å²) in [7, 11) is 1.87. The molecule has 17 heavy (non-hydrogen) atoms. The molecule has 0 aromatic carbocycles. The third-order valence-electron chi connectivity index (χ3n) is 3.09. The maximum absolute atomic E-state index is 11.7. The Balaban J connectivity index is 1.70. The van der Waals surface area contributed by atoms with Crippen LogP contribution in [0.25, 0.3) is 0 Å². The van der Waals surface area contributed by atoms with E-state index < -0.39 is 0 Å². The van der Waals surface area contributed by atoms with Crippen molar-refractivity contribution in [3.8, 4) is 0 Å². The zero-order chi connectivity index (χ0) is 12.1. The van der Waals surface area contributed by atoms with Gasteiger partial charge in [0.1, 0.15) is 0 Å². The van der Waals surface area contributed by atoms with Gasteiger partial charge in [0.05, 0.1) is 6.20 Å². The van der Waals surface area contributed by atoms with Gasteiger partial charge in [0.2, 0.25) is 5.91 Å². The minimum Gasteiger partial charge on any atom is -0.352 e. The van der Waals surface area contributed by atoms with Gasteiger partial charge < -0.3 is 10.6 Å². The van der Waals surface area contributed by atoms with Crippen molar-refractivity contribution in [2.75, 3.05) is 6.54 Å². The monoisotopic (exact) mass is 236 g/mol. The van der Waals surface area contributed by atoms with E-state index in [4.69, 9.17) is 0 Å². The minimum atomic E-state index is 0.119. The average Bonchev–Trinajstić information content (AvgIpc) is 2.74. The van der Waals surface area contributed by atoms with Crippen LogP contribution in [0, 0.1) is 0 Å². The zero-order valence-electron chi connectivity index (χ0n) is 10.3. The second-order valence-electron chi connectivity index (χ2n) is 4.65. The molecule has 2 rings (SSSR count). The highest BCUT2D eigenvalue weighted by Gasteiger charge is 2.15. The van der Waals surface area contributed by atoms with Gasteiger partial charge in [0, 0.05) is 37.8 Å². The maximum Gasteiger partial charge on any atom is 0.221 e. The summed E-state index contributed by atoms with van der Waals surface area (Å²) >= 11 is 0. The zero-order valence-corrected chi connectivity index (χ0v) is 10.3. The summed E-state index contributed by atoms with van der Waals surface area (Å²) in [5.74, 6) is 0.119. The van der Waals surface area contributed by atoms with Crippen LogP contribution >= 0.6 is 0 Å². The first-order valence-electron chi connectivity index (χ1n) is 6.21. The number of hydrogen-bond donors (Lipinski definition) is 2. The number of rotatable bonds is 4. The summed E-state index contributed by atoms with van der Waals surface area (Å²) in [4.78, 5) is 11.7. The van der Waals surface area contributed by atoms with Gasteiger partial charge in [-0.3, -0.25) is 9.48 Å². The summed E-state index contributed by atoms with van der Waals surface area (Å²) in [6.07, 6.45) is 7.85. The van der Waals surface area contributed by atoms with E-state index in [0.717, 1.165) is 18.5 Å². The summed E-state index contributed by atoms with van der Waals surface area (Å²) in [5.41, 5.74) is 1.04. The summed E-state index contributed by atoms with van der Waals surface area (Å²) in [5, 5.41) is 10.4. The topological polar surface area (TPSA) is 59.0 Å². The molecule has 0 saturated carbocycles. The standard InChI is InChI=1S/C12H20N4O/c1-16-9-10(8-15-16)7-14-12(17)6-11-4-2-3-5-13-11/h8-9,11,13H,2-7H2,1H3,(H,14,17). The van der Waals surface area contributed by atoms with Crippen molar-refractivity contribution in [3.63, 3.8) is 0 Å². The molecule has 1 atom stereocenters. The molecule has 0 aliphatic carbocycles. The first kappa shape index (κ1) is 12.1. The molecule has 1 aromatic rings. The molecule has 1 amide bonds. The largest absolute Gasteiger partial charge is 0.352 e. The van der Waals surface area contributed by atoms with Crippen LogP contribution in [0.1, 0.15) is 31.2 Å². The average molecular weight is 236 g/mol. The van der Waals surface area contributed by atoms with Crippen LogP contribution in [-0.4, -0.2) is 28.3 Å². The van der Waals surface area contributed by atoms with Crippen molar-refractivity contribution < 1.29 is 4.79 Å². The molecule has 5 nitrogen and oxygen atoms in total. The Labute approximate surface area is 102 Å². The quantitative estimate of drug-likeness (QED) is 0.803. The number of hydrogen-bond acceptors (Lipinski definition) is 3. The van der Waals surface area contributed by atoms with Gasteiger partial charge in [0.25, 0.3) is 0 Å². The molecule has 1 aromatic heterocycles. The number of aromatic nitrogens is 2. The fraction of sp³-hybridized carbons (Fsp3) is 0.667. The van der Waals surface area contributed by atoms with Gasteiger partial charge in [-0.05, 0) is 19.4 Å². The normalized spacial score (nSPS) is 20.2. The van der Waals surface area contributed by atoms with Crippen molar-refractivity contribution in [3.05, 3.63) is 18.0 Å². The Bertz CT molecular complexity index is 368. The van der Waals surface area contributed by atoms with E-state index in [2.05, 4.69) is 15.7 Å². The van der Waals surface area contributed by atoms with Gasteiger partial charge in [-0.25, -0.2) is 0 Å². The number of carbonyl (C=O) groups excluding carboxylic acids is 1. The van der Waals surface area contributed by atoms with E-state index in [9.17, 15) is 4.79 Å². The molecule has 0 bridgehead atoms. The van der Waals surface area contributed by atoms with Crippen LogP contribution in [0.3, 0.4) is 0 Å². The van der Waals surface area contributed by atoms with Gasteiger partial charge in [-0.15, -0.1) is 0 Å². The predicted octanol–water partition coefficient (Wildman–Crippen LogP) is 0.568. The van der Waals surface area contributed by atoms with Crippen molar-refractivity contribution >= 4 is 5.91 Å². The van der Waals surface area contributed by atoms with Crippen LogP contribution in [0.2, 0.25) is 0 Å². The number of nitrogens with zero attached hydrogens (tertiary/aromatic N) is 2. The summed E-state index contributed by atoms with van der Waals surface area (Å²) in [6, 6.07) is 0.359. The molecule has 1 fully saturated rings. The van der Waals surface area contributed by atoms with Crippen molar-refractivity contribution in [1.29, 1.82) is 0 Å². The highest BCUT2D eigenvalue weighted by molar-refractivity contribution is 5.76. The number of nitrogens with one attached hydrogen (secondary N) is 2. The van der Waals surface area contributed by atoms with Crippen molar-refractivity contribution in [1.82, 2.24) is 20.4 Å². The number of carbonyl (C=O) groups is 1. The van der Waals surface area contributed by atoms with Gasteiger partial charge in [-0.1, -0.05) is 6.42 Å². The van der Waals surface area contributed by atoms with E-state index in [1.54, 1.807) is 10.9 Å². The molecule has 5 heteroatoms. The van der Waals surface area contributed by atoms with Crippen LogP contribution in [0.5, 0.6) is 0 Å². The van der Waals surface area contributed by atoms with Crippen LogP contribution in [0.4, 0.5) is 0 Å². The fourth-order valence-corrected chi connectivity index (χ4v) is 2.16. The highest BCUT2D eigenvalue weighted by atomic mass is 16.1. The third kappa shape index (κ3) is 3.85. The Kier molecular flexibility index (Phi) is 4.14. The fourth-order valence-electron chi connectivity index (χ4n) is 2.16. The summed E-state index contributed by atoms with van der Waals surface area (Å²) < 4.78 is 1.74. The Morgan fingerprint density at radius 2 is 2.53 bits per heavy atom. The van der Waals surface area contributed by atoms with E-state index in [0.29, 0.717) is 19.0 Å². The van der Waals surface area contributed by atoms with Gasteiger partial charge in [0.15, 0.2) is 0 Å². The third-order valence-corrected chi connectivity index (χ3v) is 3.09. The molecule has 1 unspecified atom stereocenters. The van der Waals surface area contributed by atoms with Crippen LogP contribution in [0.15, 0.2) is 12.4 Å². The maximum atomic E-state index is 11.7. The molecule has 94 valence electrons. The first-order chi connectivity index (χ1) is 8.24. The molecule has 1 saturated heterocycles. The Morgan fingerprint density at radius 1 is 1.65 bits per heavy atom. The predicted molar refractivity (Wildman–Crippen MR) is 65.3 cm³/mol. The molecular weight excluding hydrogens is 216 g/mol. The van der Waals surface area contributed by atoms with Gasteiger partial charge >= 0.3 is 0 Å². The smallest absolute Gasteiger partial charge is 0.221 e. The van der Waals surface area contributed by atoms with E-state index in [1.807, 2.05) is 13.2 Å². The molecule has 2 N–H and O–H groups in total. The molecular formula is C12H20N4O. The van der Waals surface area contributed by atoms with Crippen molar-refractivity contribution in [2.45, 2.75) is 38.3 Å². The number of aryl methyl sites for hydroxylation is 1. The molecule has 1 aliphatic rings. The lowest BCUT2D eigenvalue weighted by Gasteiger charge is -2.22. The molecule has 0 spiro atoms. The molecule has 2 heterocycles. The lowest BCUT2D eigenvalue weighted by Crippen LogP contribution is -2.38. The molecule has 1 aliphatic heterocycles. The Morgan fingerprint density at radius 3 is 3.18 bits per heavy atom. The van der Waals surface area contributed by atoms with Gasteiger partial charge in [-0.2, -0.15) is 5.10 Å². The van der Waals surface area contributed by atoms with E-state index in [1.165, 1.54) is 12.8 Å². The number of piperidine rings is 1.